The maximum absolute atomic E-state index is 13.1. The van der Waals surface area contributed by atoms with Crippen LogP contribution < -0.4 is 14.8 Å². The Labute approximate surface area is 158 Å². The minimum atomic E-state index is -0.792. The number of rotatable bonds is 5. The van der Waals surface area contributed by atoms with E-state index in [0.29, 0.717) is 0 Å². The molecular weight excluding hydrogens is 338 g/mol. The van der Waals surface area contributed by atoms with Gasteiger partial charge in [-0.2, -0.15) is 0 Å². The summed E-state index contributed by atoms with van der Waals surface area (Å²) in [7, 11) is 3.27. The van der Waals surface area contributed by atoms with Crippen LogP contribution in [0.4, 0.5) is 0 Å². The molecule has 1 atom stereocenters. The predicted molar refractivity (Wildman–Crippen MR) is 104 cm³/mol. The molecule has 1 N–H and O–H groups in total. The zero-order chi connectivity index (χ0) is 18.9. The number of benzene rings is 3. The van der Waals surface area contributed by atoms with Gasteiger partial charge in [-0.3, -0.25) is 4.79 Å². The third-order valence-corrected chi connectivity index (χ3v) is 5.29. The molecule has 136 valence electrons. The minimum absolute atomic E-state index is 0.00770. The Morgan fingerprint density at radius 1 is 0.741 bits per heavy atom. The first-order chi connectivity index (χ1) is 13.2. The Balaban J connectivity index is 1.89. The Morgan fingerprint density at radius 3 is 1.63 bits per heavy atom. The van der Waals surface area contributed by atoms with Gasteiger partial charge in [0.15, 0.2) is 0 Å². The highest BCUT2D eigenvalue weighted by Crippen LogP contribution is 2.50. The molecule has 1 heterocycles. The summed E-state index contributed by atoms with van der Waals surface area (Å²) in [4.78, 5) is 13.1. The molecule has 4 rings (SSSR count). The fourth-order valence-corrected chi connectivity index (χ4v) is 3.86. The molecule has 4 nitrogen and oxygen atoms in total. The molecule has 1 saturated heterocycles. The van der Waals surface area contributed by atoms with Crippen LogP contribution >= 0.6 is 0 Å². The molecule has 1 aliphatic heterocycles. The Kier molecular flexibility index (Phi) is 4.32. The van der Waals surface area contributed by atoms with E-state index in [0.717, 1.165) is 28.2 Å². The van der Waals surface area contributed by atoms with Crippen LogP contribution in [0.3, 0.4) is 0 Å². The zero-order valence-electron chi connectivity index (χ0n) is 15.3. The van der Waals surface area contributed by atoms with Gasteiger partial charge >= 0.3 is 0 Å². The summed E-state index contributed by atoms with van der Waals surface area (Å²) in [5.74, 6) is 1.52. The Hall–Kier alpha value is -3.27. The number of nitrogens with one attached hydrogen (secondary N) is 1. The molecular formula is C23H21NO3. The van der Waals surface area contributed by atoms with Crippen LogP contribution in [0.25, 0.3) is 0 Å². The molecule has 3 aromatic carbocycles. The van der Waals surface area contributed by atoms with Crippen molar-refractivity contribution in [1.29, 1.82) is 0 Å². The number of carbonyl (C=O) groups excluding carboxylic acids is 1. The van der Waals surface area contributed by atoms with Gasteiger partial charge in [0.25, 0.3) is 0 Å². The van der Waals surface area contributed by atoms with Gasteiger partial charge in [-0.1, -0.05) is 54.6 Å². The van der Waals surface area contributed by atoms with Crippen molar-refractivity contribution in [2.75, 3.05) is 14.2 Å². The number of methoxy groups -OCH3 is 2. The van der Waals surface area contributed by atoms with Crippen molar-refractivity contribution in [3.05, 3.63) is 95.6 Å². The number of hydrogen-bond acceptors (Lipinski definition) is 3. The zero-order valence-corrected chi connectivity index (χ0v) is 15.3. The molecule has 1 fully saturated rings. The van der Waals surface area contributed by atoms with Gasteiger partial charge < -0.3 is 14.8 Å². The van der Waals surface area contributed by atoms with Gasteiger partial charge in [-0.15, -0.1) is 0 Å². The number of amides is 1. The number of hydrogen-bond donors (Lipinski definition) is 1. The maximum Gasteiger partial charge on any atom is 0.238 e. The highest BCUT2D eigenvalue weighted by Gasteiger charge is 2.57. The van der Waals surface area contributed by atoms with Crippen molar-refractivity contribution < 1.29 is 14.3 Å². The molecule has 0 spiro atoms. The Morgan fingerprint density at radius 2 is 1.22 bits per heavy atom. The second-order valence-electron chi connectivity index (χ2n) is 6.58. The van der Waals surface area contributed by atoms with E-state index < -0.39 is 5.41 Å². The average Bonchev–Trinajstić information content (AvgIpc) is 2.74. The summed E-state index contributed by atoms with van der Waals surface area (Å²) >= 11 is 0. The van der Waals surface area contributed by atoms with Gasteiger partial charge in [-0.05, 0) is 41.0 Å². The monoisotopic (exact) mass is 359 g/mol. The van der Waals surface area contributed by atoms with E-state index >= 15 is 0 Å². The lowest BCUT2D eigenvalue weighted by Crippen LogP contribution is -2.64. The number of β-lactam (4-membered cyclic amide) rings is 1. The summed E-state index contributed by atoms with van der Waals surface area (Å²) in [6.45, 7) is 0. The number of carbonyl (C=O) groups is 1. The summed E-state index contributed by atoms with van der Waals surface area (Å²) < 4.78 is 10.6. The lowest BCUT2D eigenvalue weighted by Gasteiger charge is -2.49. The molecule has 0 unspecified atom stereocenters. The fraction of sp³-hybridized carbons (Fsp3) is 0.174. The molecule has 3 aromatic rings. The second kappa shape index (κ2) is 6.80. The third-order valence-electron chi connectivity index (χ3n) is 5.29. The van der Waals surface area contributed by atoms with E-state index in [2.05, 4.69) is 5.32 Å². The smallest absolute Gasteiger partial charge is 0.238 e. The van der Waals surface area contributed by atoms with Crippen LogP contribution in [0.15, 0.2) is 78.9 Å². The van der Waals surface area contributed by atoms with Gasteiger partial charge in [0, 0.05) is 0 Å². The molecule has 0 radical (unpaired) electrons. The predicted octanol–water partition coefficient (Wildman–Crippen LogP) is 3.86. The second-order valence-corrected chi connectivity index (χ2v) is 6.58. The summed E-state index contributed by atoms with van der Waals surface area (Å²) in [6.07, 6.45) is 0. The van der Waals surface area contributed by atoms with Crippen LogP contribution in [0, 0.1) is 0 Å². The highest BCUT2D eigenvalue weighted by molar-refractivity contribution is 6.00. The van der Waals surface area contributed by atoms with Crippen LogP contribution in [0.1, 0.15) is 22.7 Å². The van der Waals surface area contributed by atoms with Gasteiger partial charge in [0.2, 0.25) is 5.91 Å². The summed E-state index contributed by atoms with van der Waals surface area (Å²) in [6, 6.07) is 25.4. The largest absolute Gasteiger partial charge is 0.497 e. The maximum atomic E-state index is 13.1. The molecule has 1 amide bonds. The third kappa shape index (κ3) is 2.65. The molecule has 0 saturated carbocycles. The van der Waals surface area contributed by atoms with Crippen LogP contribution in [0.2, 0.25) is 0 Å². The Bertz CT molecular complexity index is 886. The molecule has 27 heavy (non-hydrogen) atoms. The van der Waals surface area contributed by atoms with E-state index in [1.807, 2.05) is 78.9 Å². The number of ether oxygens (including phenoxy) is 2. The van der Waals surface area contributed by atoms with Crippen molar-refractivity contribution in [1.82, 2.24) is 5.32 Å². The average molecular weight is 359 g/mol. The van der Waals surface area contributed by atoms with Crippen LogP contribution in [0.5, 0.6) is 11.5 Å². The van der Waals surface area contributed by atoms with E-state index in [1.54, 1.807) is 14.2 Å². The lowest BCUT2D eigenvalue weighted by molar-refractivity contribution is -0.136. The lowest BCUT2D eigenvalue weighted by atomic mass is 9.61. The van der Waals surface area contributed by atoms with E-state index in [-0.39, 0.29) is 11.9 Å². The standard InChI is InChI=1S/C23H21NO3/c1-26-19-12-8-17(9-13-19)23(18-10-14-20(27-2)15-11-18)21(24-22(23)25)16-6-4-3-5-7-16/h3-15,21H,1-2H3,(H,24,25)/t21-/m1/s1. The molecule has 4 heteroatoms. The fourth-order valence-electron chi connectivity index (χ4n) is 3.86. The first kappa shape index (κ1) is 17.2. The van der Waals surface area contributed by atoms with Gasteiger partial charge in [0.1, 0.15) is 16.9 Å². The van der Waals surface area contributed by atoms with Crippen molar-refractivity contribution in [2.45, 2.75) is 11.5 Å². The molecule has 0 aliphatic carbocycles. The highest BCUT2D eigenvalue weighted by atomic mass is 16.5. The molecule has 0 bridgehead atoms. The quantitative estimate of drug-likeness (QED) is 0.704. The summed E-state index contributed by atoms with van der Waals surface area (Å²) in [5, 5.41) is 3.10. The van der Waals surface area contributed by atoms with E-state index in [9.17, 15) is 4.79 Å². The molecule has 0 aromatic heterocycles. The van der Waals surface area contributed by atoms with Crippen LogP contribution in [-0.4, -0.2) is 20.1 Å². The normalized spacial score (nSPS) is 17.6. The van der Waals surface area contributed by atoms with Crippen molar-refractivity contribution >= 4 is 5.91 Å². The van der Waals surface area contributed by atoms with Crippen molar-refractivity contribution in [2.24, 2.45) is 0 Å². The first-order valence-corrected chi connectivity index (χ1v) is 8.85. The van der Waals surface area contributed by atoms with E-state index in [1.165, 1.54) is 0 Å². The van der Waals surface area contributed by atoms with Gasteiger partial charge in [-0.25, -0.2) is 0 Å². The van der Waals surface area contributed by atoms with Gasteiger partial charge in [0.05, 0.1) is 20.3 Å². The topological polar surface area (TPSA) is 47.6 Å². The molecule has 1 aliphatic rings. The first-order valence-electron chi connectivity index (χ1n) is 8.85. The van der Waals surface area contributed by atoms with Crippen molar-refractivity contribution in [3.63, 3.8) is 0 Å². The van der Waals surface area contributed by atoms with E-state index in [4.69, 9.17) is 9.47 Å². The minimum Gasteiger partial charge on any atom is -0.497 e. The SMILES string of the molecule is COc1ccc(C2(c3ccc(OC)cc3)C(=O)N[C@@H]2c2ccccc2)cc1. The van der Waals surface area contributed by atoms with Crippen molar-refractivity contribution in [3.8, 4) is 11.5 Å². The van der Waals surface area contributed by atoms with Crippen LogP contribution in [-0.2, 0) is 10.2 Å². The summed E-state index contributed by atoms with van der Waals surface area (Å²) in [5.41, 5.74) is 2.15.